The number of ether oxygens (including phenoxy) is 2. The van der Waals surface area contributed by atoms with Gasteiger partial charge in [0.2, 0.25) is 0 Å². The Labute approximate surface area is 152 Å². The summed E-state index contributed by atoms with van der Waals surface area (Å²) in [7, 11) is 3.62. The predicted molar refractivity (Wildman–Crippen MR) is 100 cm³/mol. The Morgan fingerprint density at radius 2 is 1.80 bits per heavy atom. The van der Waals surface area contributed by atoms with Gasteiger partial charge in [-0.05, 0) is 31.2 Å². The van der Waals surface area contributed by atoms with Crippen molar-refractivity contribution in [2.24, 2.45) is 7.05 Å². The summed E-state index contributed by atoms with van der Waals surface area (Å²) in [6, 6.07) is 15.9. The highest BCUT2D eigenvalue weighted by Crippen LogP contribution is 2.29. The molecule has 0 aliphatic heterocycles. The van der Waals surface area contributed by atoms with E-state index in [2.05, 4.69) is 17.1 Å². The van der Waals surface area contributed by atoms with Gasteiger partial charge in [0.1, 0.15) is 11.5 Å². The minimum atomic E-state index is 0.616. The Bertz CT molecular complexity index is 831. The molecule has 5 nitrogen and oxygen atoms in total. The number of methoxy groups -OCH3 is 1. The molecule has 25 heavy (non-hydrogen) atoms. The van der Waals surface area contributed by atoms with Crippen LogP contribution in [0, 0.1) is 6.92 Å². The molecule has 0 aliphatic carbocycles. The molecule has 0 aliphatic rings. The summed E-state index contributed by atoms with van der Waals surface area (Å²) >= 11 is 1.62. The molecule has 0 spiro atoms. The van der Waals surface area contributed by atoms with E-state index in [0.717, 1.165) is 33.8 Å². The lowest BCUT2D eigenvalue weighted by Gasteiger charge is -2.08. The van der Waals surface area contributed by atoms with Crippen LogP contribution in [0.15, 0.2) is 53.7 Å². The quantitative estimate of drug-likeness (QED) is 0.474. The second kappa shape index (κ2) is 8.07. The number of hydrogen-bond donors (Lipinski definition) is 0. The molecule has 3 rings (SSSR count). The zero-order chi connectivity index (χ0) is 17.6. The molecule has 0 N–H and O–H groups in total. The van der Waals surface area contributed by atoms with Crippen molar-refractivity contribution in [1.29, 1.82) is 0 Å². The van der Waals surface area contributed by atoms with Crippen LogP contribution < -0.4 is 9.47 Å². The summed E-state index contributed by atoms with van der Waals surface area (Å²) in [4.78, 5) is 0. The highest BCUT2D eigenvalue weighted by atomic mass is 32.2. The minimum absolute atomic E-state index is 0.616. The maximum absolute atomic E-state index is 5.75. The first-order valence-corrected chi connectivity index (χ1v) is 9.02. The zero-order valence-electron chi connectivity index (χ0n) is 14.6. The molecule has 0 fully saturated rings. The maximum atomic E-state index is 5.75. The Kier molecular flexibility index (Phi) is 5.60. The first kappa shape index (κ1) is 17.4. The average Bonchev–Trinajstić information content (AvgIpc) is 3.00. The van der Waals surface area contributed by atoms with Gasteiger partial charge in [-0.2, -0.15) is 0 Å². The van der Waals surface area contributed by atoms with Crippen molar-refractivity contribution in [3.63, 3.8) is 0 Å². The van der Waals surface area contributed by atoms with Gasteiger partial charge in [-0.25, -0.2) is 0 Å². The van der Waals surface area contributed by atoms with Crippen molar-refractivity contribution >= 4 is 11.8 Å². The molecule has 0 saturated heterocycles. The molecule has 0 bridgehead atoms. The van der Waals surface area contributed by atoms with Gasteiger partial charge in [-0.3, -0.25) is 0 Å². The van der Waals surface area contributed by atoms with E-state index < -0.39 is 0 Å². The topological polar surface area (TPSA) is 49.2 Å². The van der Waals surface area contributed by atoms with Gasteiger partial charge in [0, 0.05) is 12.8 Å². The van der Waals surface area contributed by atoms with E-state index >= 15 is 0 Å². The highest BCUT2D eigenvalue weighted by molar-refractivity contribution is 7.99. The fraction of sp³-hybridized carbons (Fsp3) is 0.263. The van der Waals surface area contributed by atoms with Gasteiger partial charge in [0.05, 0.1) is 19.3 Å². The second-order valence-electron chi connectivity index (χ2n) is 5.58. The molecule has 0 amide bonds. The van der Waals surface area contributed by atoms with Crippen LogP contribution in [0.25, 0.3) is 11.4 Å². The third-order valence-electron chi connectivity index (χ3n) is 3.79. The molecular formula is C19H21N3O2S. The van der Waals surface area contributed by atoms with Crippen LogP contribution in [0.5, 0.6) is 11.5 Å². The van der Waals surface area contributed by atoms with Crippen molar-refractivity contribution < 1.29 is 9.47 Å². The minimum Gasteiger partial charge on any atom is -0.496 e. The zero-order valence-corrected chi connectivity index (χ0v) is 15.4. The molecule has 2 aromatic carbocycles. The number of hydrogen-bond acceptors (Lipinski definition) is 5. The monoisotopic (exact) mass is 355 g/mol. The lowest BCUT2D eigenvalue weighted by molar-refractivity contribution is 0.344. The van der Waals surface area contributed by atoms with E-state index in [0.29, 0.717) is 6.61 Å². The fourth-order valence-corrected chi connectivity index (χ4v) is 3.16. The number of benzene rings is 2. The molecule has 0 saturated carbocycles. The van der Waals surface area contributed by atoms with Gasteiger partial charge < -0.3 is 14.0 Å². The van der Waals surface area contributed by atoms with Crippen LogP contribution in [0.3, 0.4) is 0 Å². The lowest BCUT2D eigenvalue weighted by Crippen LogP contribution is -2.02. The Balaban J connectivity index is 1.61. The maximum Gasteiger partial charge on any atom is 0.191 e. The Hall–Kier alpha value is -2.47. The van der Waals surface area contributed by atoms with Crippen LogP contribution in [0.4, 0.5) is 0 Å². The van der Waals surface area contributed by atoms with Crippen molar-refractivity contribution in [2.75, 3.05) is 19.5 Å². The highest BCUT2D eigenvalue weighted by Gasteiger charge is 2.14. The van der Waals surface area contributed by atoms with E-state index in [9.17, 15) is 0 Å². The number of rotatable bonds is 7. The summed E-state index contributed by atoms with van der Waals surface area (Å²) in [6.07, 6.45) is 0. The first-order chi connectivity index (χ1) is 12.2. The number of para-hydroxylation sites is 1. The normalized spacial score (nSPS) is 10.7. The summed E-state index contributed by atoms with van der Waals surface area (Å²) in [5, 5.41) is 9.46. The van der Waals surface area contributed by atoms with Crippen LogP contribution in [0.1, 0.15) is 5.56 Å². The summed E-state index contributed by atoms with van der Waals surface area (Å²) in [6.45, 7) is 2.68. The van der Waals surface area contributed by atoms with Gasteiger partial charge in [-0.1, -0.05) is 41.6 Å². The first-order valence-electron chi connectivity index (χ1n) is 8.04. The molecule has 1 heterocycles. The predicted octanol–water partition coefficient (Wildman–Crippen LogP) is 3.97. The van der Waals surface area contributed by atoms with E-state index in [1.54, 1.807) is 18.9 Å². The second-order valence-corrected chi connectivity index (χ2v) is 6.64. The third-order valence-corrected chi connectivity index (χ3v) is 4.77. The van der Waals surface area contributed by atoms with Gasteiger partial charge >= 0.3 is 0 Å². The molecule has 3 aromatic rings. The number of aromatic nitrogens is 3. The smallest absolute Gasteiger partial charge is 0.191 e. The molecule has 0 unspecified atom stereocenters. The van der Waals surface area contributed by atoms with Crippen molar-refractivity contribution in [2.45, 2.75) is 12.1 Å². The molecule has 1 aromatic heterocycles. The largest absolute Gasteiger partial charge is 0.496 e. The fourth-order valence-electron chi connectivity index (χ4n) is 2.43. The molecule has 0 radical (unpaired) electrons. The van der Waals surface area contributed by atoms with E-state index in [4.69, 9.17) is 9.47 Å². The van der Waals surface area contributed by atoms with E-state index in [1.807, 2.05) is 60.1 Å². The third kappa shape index (κ3) is 4.14. The SMILES string of the molecule is COc1ccccc1-c1nnc(SCCOc2ccc(C)cc2)n1C. The molecule has 6 heteroatoms. The van der Waals surface area contributed by atoms with Crippen LogP contribution in [-0.2, 0) is 7.05 Å². The number of thioether (sulfide) groups is 1. The lowest BCUT2D eigenvalue weighted by atomic mass is 10.2. The van der Waals surface area contributed by atoms with Gasteiger partial charge in [0.15, 0.2) is 11.0 Å². The van der Waals surface area contributed by atoms with Gasteiger partial charge in [-0.15, -0.1) is 10.2 Å². The van der Waals surface area contributed by atoms with E-state index in [-0.39, 0.29) is 0 Å². The van der Waals surface area contributed by atoms with Gasteiger partial charge in [0.25, 0.3) is 0 Å². The van der Waals surface area contributed by atoms with E-state index in [1.165, 1.54) is 5.56 Å². The molecule has 0 atom stereocenters. The Morgan fingerprint density at radius 3 is 2.56 bits per heavy atom. The van der Waals surface area contributed by atoms with Crippen LogP contribution >= 0.6 is 11.8 Å². The van der Waals surface area contributed by atoms with Crippen molar-refractivity contribution in [1.82, 2.24) is 14.8 Å². The summed E-state index contributed by atoms with van der Waals surface area (Å²) in [5.74, 6) is 3.27. The number of aryl methyl sites for hydroxylation is 1. The van der Waals surface area contributed by atoms with Crippen molar-refractivity contribution in [3.05, 3.63) is 54.1 Å². The van der Waals surface area contributed by atoms with Crippen molar-refractivity contribution in [3.8, 4) is 22.9 Å². The number of nitrogens with zero attached hydrogens (tertiary/aromatic N) is 3. The molecular weight excluding hydrogens is 334 g/mol. The summed E-state index contributed by atoms with van der Waals surface area (Å²) < 4.78 is 13.1. The average molecular weight is 355 g/mol. The standard InChI is InChI=1S/C19H21N3O2S/c1-14-8-10-15(11-9-14)24-12-13-25-19-21-20-18(22(19)2)16-6-4-5-7-17(16)23-3/h4-11H,12-13H2,1-3H3. The van der Waals surface area contributed by atoms with Crippen LogP contribution in [0.2, 0.25) is 0 Å². The van der Waals surface area contributed by atoms with Crippen LogP contribution in [-0.4, -0.2) is 34.2 Å². The summed E-state index contributed by atoms with van der Waals surface area (Å²) in [5.41, 5.74) is 2.16. The Morgan fingerprint density at radius 1 is 1.04 bits per heavy atom. The molecule has 130 valence electrons.